The van der Waals surface area contributed by atoms with E-state index in [9.17, 15) is 9.59 Å². The molecule has 1 atom stereocenters. The number of anilines is 1. The van der Waals surface area contributed by atoms with Crippen LogP contribution in [0.1, 0.15) is 34.0 Å². The maximum atomic E-state index is 12.4. The van der Waals surface area contributed by atoms with Crippen LogP contribution < -0.4 is 10.2 Å². The summed E-state index contributed by atoms with van der Waals surface area (Å²) in [4.78, 5) is 26.3. The van der Waals surface area contributed by atoms with Crippen LogP contribution in [-0.4, -0.2) is 44.3 Å². The highest BCUT2D eigenvalue weighted by atomic mass is 16.5. The molecule has 1 aliphatic heterocycles. The second kappa shape index (κ2) is 9.67. The number of amides is 1. The van der Waals surface area contributed by atoms with Crippen molar-refractivity contribution in [2.75, 3.05) is 31.6 Å². The molecule has 0 spiro atoms. The van der Waals surface area contributed by atoms with Crippen molar-refractivity contribution in [3.63, 3.8) is 0 Å². The van der Waals surface area contributed by atoms with Gasteiger partial charge in [-0.15, -0.1) is 0 Å². The topological polar surface area (TPSA) is 69.1 Å². The lowest BCUT2D eigenvalue weighted by molar-refractivity contribution is -0.921. The summed E-state index contributed by atoms with van der Waals surface area (Å²) in [6, 6.07) is 13.2. The number of benzene rings is 2. The summed E-state index contributed by atoms with van der Waals surface area (Å²) in [7, 11) is 0. The zero-order chi connectivity index (χ0) is 20.8. The van der Waals surface area contributed by atoms with E-state index in [0.717, 1.165) is 49.7 Å². The Balaban J connectivity index is 1.53. The smallest absolute Gasteiger partial charge is 0.338 e. The molecule has 1 fully saturated rings. The van der Waals surface area contributed by atoms with E-state index in [1.165, 1.54) is 10.5 Å². The van der Waals surface area contributed by atoms with Crippen LogP contribution in [0.25, 0.3) is 0 Å². The highest BCUT2D eigenvalue weighted by Gasteiger charge is 2.20. The molecule has 1 aliphatic rings. The van der Waals surface area contributed by atoms with E-state index in [4.69, 9.17) is 9.47 Å². The zero-order valence-electron chi connectivity index (χ0n) is 17.3. The normalized spacial score (nSPS) is 15.6. The van der Waals surface area contributed by atoms with Gasteiger partial charge in [-0.1, -0.05) is 29.8 Å². The molecule has 0 aliphatic carbocycles. The van der Waals surface area contributed by atoms with Crippen LogP contribution in [0, 0.1) is 13.8 Å². The number of morpholine rings is 1. The van der Waals surface area contributed by atoms with Crippen molar-refractivity contribution in [2.45, 2.75) is 33.4 Å². The maximum Gasteiger partial charge on any atom is 0.338 e. The van der Waals surface area contributed by atoms with Gasteiger partial charge in [0.25, 0.3) is 5.91 Å². The average molecular weight is 397 g/mol. The molecule has 6 nitrogen and oxygen atoms in total. The first-order chi connectivity index (χ1) is 13.9. The summed E-state index contributed by atoms with van der Waals surface area (Å²) in [6.45, 7) is 9.99. The van der Waals surface area contributed by atoms with Crippen molar-refractivity contribution in [1.82, 2.24) is 0 Å². The summed E-state index contributed by atoms with van der Waals surface area (Å²) in [5, 5.41) is 2.82. The van der Waals surface area contributed by atoms with Gasteiger partial charge in [-0.2, -0.15) is 0 Å². The molecule has 1 amide bonds. The Morgan fingerprint density at radius 1 is 1.10 bits per heavy atom. The lowest BCUT2D eigenvalue weighted by Crippen LogP contribution is -3.12. The van der Waals surface area contributed by atoms with Crippen LogP contribution in [-0.2, 0) is 20.8 Å². The van der Waals surface area contributed by atoms with Crippen molar-refractivity contribution in [3.05, 3.63) is 64.7 Å². The van der Waals surface area contributed by atoms with Gasteiger partial charge in [0.05, 0.1) is 18.8 Å². The van der Waals surface area contributed by atoms with Crippen molar-refractivity contribution in [3.8, 4) is 0 Å². The van der Waals surface area contributed by atoms with Gasteiger partial charge >= 0.3 is 5.97 Å². The van der Waals surface area contributed by atoms with E-state index in [1.807, 2.05) is 44.2 Å². The molecule has 0 saturated carbocycles. The molecule has 0 aromatic heterocycles. The highest BCUT2D eigenvalue weighted by Crippen LogP contribution is 2.17. The zero-order valence-corrected chi connectivity index (χ0v) is 17.3. The molecule has 0 unspecified atom stereocenters. The Morgan fingerprint density at radius 2 is 1.79 bits per heavy atom. The lowest BCUT2D eigenvalue weighted by Gasteiger charge is -2.23. The van der Waals surface area contributed by atoms with Gasteiger partial charge in [0.15, 0.2) is 6.10 Å². The molecule has 0 bridgehead atoms. The molecule has 154 valence electrons. The number of carbonyl (C=O) groups excluding carboxylic acids is 2. The number of aryl methyl sites for hydroxylation is 2. The molecule has 2 aromatic carbocycles. The summed E-state index contributed by atoms with van der Waals surface area (Å²) in [5.74, 6) is -0.851. The summed E-state index contributed by atoms with van der Waals surface area (Å²) >= 11 is 0. The minimum absolute atomic E-state index is 0.349. The monoisotopic (exact) mass is 397 g/mol. The third-order valence-corrected chi connectivity index (χ3v) is 5.14. The standard InChI is InChI=1S/C23H28N2O4/c1-16-4-9-21(17(2)14-16)24-22(26)18(3)29-23(27)20-7-5-19(6-8-20)15-25-10-12-28-13-11-25/h4-9,14,18H,10-13,15H2,1-3H3,(H,24,26)/p+1/t18-/m0/s1. The first kappa shape index (κ1) is 21.0. The molecule has 6 heteroatoms. The number of carbonyl (C=O) groups is 2. The van der Waals surface area contributed by atoms with Crippen molar-refractivity contribution in [1.29, 1.82) is 0 Å². The van der Waals surface area contributed by atoms with Crippen LogP contribution in [0.15, 0.2) is 42.5 Å². The second-order valence-corrected chi connectivity index (χ2v) is 7.59. The molecule has 2 N–H and O–H groups in total. The van der Waals surface area contributed by atoms with Crippen LogP contribution in [0.3, 0.4) is 0 Å². The fourth-order valence-corrected chi connectivity index (χ4v) is 3.35. The molecule has 1 heterocycles. The molecular weight excluding hydrogens is 368 g/mol. The molecular formula is C23H29N2O4+. The molecule has 3 rings (SSSR count). The fourth-order valence-electron chi connectivity index (χ4n) is 3.35. The van der Waals surface area contributed by atoms with Gasteiger partial charge in [-0.05, 0) is 44.5 Å². The number of hydrogen-bond donors (Lipinski definition) is 2. The van der Waals surface area contributed by atoms with Crippen molar-refractivity contribution >= 4 is 17.6 Å². The van der Waals surface area contributed by atoms with Gasteiger partial charge in [-0.25, -0.2) is 4.79 Å². The Kier molecular flexibility index (Phi) is 7.01. The maximum absolute atomic E-state index is 12.4. The largest absolute Gasteiger partial charge is 0.449 e. The second-order valence-electron chi connectivity index (χ2n) is 7.59. The van der Waals surface area contributed by atoms with E-state index in [1.54, 1.807) is 19.1 Å². The Labute approximate surface area is 171 Å². The Hall–Kier alpha value is -2.70. The first-order valence-corrected chi connectivity index (χ1v) is 10.0. The molecule has 29 heavy (non-hydrogen) atoms. The number of esters is 1. The van der Waals surface area contributed by atoms with Crippen LogP contribution in [0.2, 0.25) is 0 Å². The first-order valence-electron chi connectivity index (χ1n) is 10.0. The highest BCUT2D eigenvalue weighted by molar-refractivity contribution is 5.97. The summed E-state index contributed by atoms with van der Waals surface area (Å²) in [6.07, 6.45) is -0.888. The predicted octanol–water partition coefficient (Wildman–Crippen LogP) is 1.90. The van der Waals surface area contributed by atoms with E-state index < -0.39 is 12.1 Å². The van der Waals surface area contributed by atoms with E-state index in [2.05, 4.69) is 5.32 Å². The predicted molar refractivity (Wildman–Crippen MR) is 111 cm³/mol. The van der Waals surface area contributed by atoms with Crippen LogP contribution in [0.5, 0.6) is 0 Å². The van der Waals surface area contributed by atoms with E-state index in [0.29, 0.717) is 5.56 Å². The van der Waals surface area contributed by atoms with Gasteiger partial charge in [-0.3, -0.25) is 4.79 Å². The van der Waals surface area contributed by atoms with Gasteiger partial charge in [0.1, 0.15) is 19.6 Å². The average Bonchev–Trinajstić information content (AvgIpc) is 2.71. The number of rotatable bonds is 6. The number of nitrogens with one attached hydrogen (secondary N) is 2. The van der Waals surface area contributed by atoms with Gasteiger partial charge < -0.3 is 19.7 Å². The van der Waals surface area contributed by atoms with E-state index >= 15 is 0 Å². The minimum Gasteiger partial charge on any atom is -0.449 e. The molecule has 1 saturated heterocycles. The summed E-state index contributed by atoms with van der Waals surface area (Å²) in [5.41, 5.74) is 4.42. The van der Waals surface area contributed by atoms with Crippen molar-refractivity contribution in [2.24, 2.45) is 0 Å². The minimum atomic E-state index is -0.888. The van der Waals surface area contributed by atoms with Crippen LogP contribution in [0.4, 0.5) is 5.69 Å². The number of hydrogen-bond acceptors (Lipinski definition) is 4. The van der Waals surface area contributed by atoms with Gasteiger partial charge in [0.2, 0.25) is 0 Å². The lowest BCUT2D eigenvalue weighted by atomic mass is 10.1. The van der Waals surface area contributed by atoms with Crippen molar-refractivity contribution < 1.29 is 24.0 Å². The quantitative estimate of drug-likeness (QED) is 0.731. The fraction of sp³-hybridized carbons (Fsp3) is 0.391. The van der Waals surface area contributed by atoms with Crippen LogP contribution >= 0.6 is 0 Å². The summed E-state index contributed by atoms with van der Waals surface area (Å²) < 4.78 is 10.7. The van der Waals surface area contributed by atoms with Gasteiger partial charge in [0, 0.05) is 11.3 Å². The Morgan fingerprint density at radius 3 is 2.45 bits per heavy atom. The number of quaternary nitrogens is 1. The molecule has 2 aromatic rings. The SMILES string of the molecule is Cc1ccc(NC(=O)[C@H](C)OC(=O)c2ccc(C[NH+]3CCOCC3)cc2)c(C)c1. The Bertz CT molecular complexity index is 858. The molecule has 0 radical (unpaired) electrons. The van der Waals surface area contributed by atoms with E-state index in [-0.39, 0.29) is 5.91 Å². The number of ether oxygens (including phenoxy) is 2. The third kappa shape index (κ3) is 5.89. The third-order valence-electron chi connectivity index (χ3n) is 5.14.